The summed E-state index contributed by atoms with van der Waals surface area (Å²) in [5.74, 6) is 2.40. The first-order chi connectivity index (χ1) is 7.44. The number of carbonyl (C=O) groups excluding carboxylic acids is 1. The van der Waals surface area contributed by atoms with E-state index < -0.39 is 5.54 Å². The summed E-state index contributed by atoms with van der Waals surface area (Å²) in [6.07, 6.45) is 5.39. The van der Waals surface area contributed by atoms with Crippen LogP contribution in [-0.2, 0) is 11.2 Å². The van der Waals surface area contributed by atoms with E-state index in [0.29, 0.717) is 5.56 Å². The highest BCUT2D eigenvalue weighted by atomic mass is 16.3. The molecule has 16 heavy (non-hydrogen) atoms. The highest BCUT2D eigenvalue weighted by Gasteiger charge is 2.17. The average molecular weight is 217 g/mol. The smallest absolute Gasteiger partial charge is 0.225 e. The maximum atomic E-state index is 11.6. The van der Waals surface area contributed by atoms with Gasteiger partial charge in [0, 0.05) is 5.56 Å². The van der Waals surface area contributed by atoms with Gasteiger partial charge in [-0.3, -0.25) is 4.79 Å². The molecule has 0 spiro atoms. The lowest BCUT2D eigenvalue weighted by atomic mass is 10.1. The number of para-hydroxylation sites is 1. The van der Waals surface area contributed by atoms with Gasteiger partial charge in [0.25, 0.3) is 0 Å². The molecule has 0 atom stereocenters. The minimum atomic E-state index is -0.665. The summed E-state index contributed by atoms with van der Waals surface area (Å²) in [4.78, 5) is 11.6. The van der Waals surface area contributed by atoms with Gasteiger partial charge in [-0.2, -0.15) is 0 Å². The average Bonchev–Trinajstić information content (AvgIpc) is 2.21. The third kappa shape index (κ3) is 3.32. The van der Waals surface area contributed by atoms with Crippen molar-refractivity contribution in [3.8, 4) is 18.1 Å². The fraction of sp³-hybridized carbons (Fsp3) is 0.308. The number of hydrogen-bond acceptors (Lipinski definition) is 2. The van der Waals surface area contributed by atoms with Crippen LogP contribution in [0.4, 0.5) is 0 Å². The second-order valence-corrected chi connectivity index (χ2v) is 4.12. The third-order valence-corrected chi connectivity index (χ3v) is 2.16. The fourth-order valence-corrected chi connectivity index (χ4v) is 1.26. The maximum absolute atomic E-state index is 11.6. The quantitative estimate of drug-likeness (QED) is 0.753. The van der Waals surface area contributed by atoms with Gasteiger partial charge in [0.15, 0.2) is 0 Å². The number of aromatic hydroxyl groups is 1. The Morgan fingerprint density at radius 1 is 1.50 bits per heavy atom. The Morgan fingerprint density at radius 3 is 2.69 bits per heavy atom. The molecule has 0 unspecified atom stereocenters. The van der Waals surface area contributed by atoms with Crippen molar-refractivity contribution in [3.05, 3.63) is 29.8 Å². The number of amides is 1. The molecule has 84 valence electrons. The number of terminal acetylenes is 1. The zero-order valence-electron chi connectivity index (χ0n) is 9.45. The van der Waals surface area contributed by atoms with E-state index in [1.807, 2.05) is 0 Å². The number of carbonyl (C=O) groups is 1. The molecule has 1 rings (SSSR count). The lowest BCUT2D eigenvalue weighted by molar-refractivity contribution is -0.121. The molecule has 0 aliphatic carbocycles. The Morgan fingerprint density at radius 2 is 2.12 bits per heavy atom. The van der Waals surface area contributed by atoms with E-state index in [1.165, 1.54) is 0 Å². The third-order valence-electron chi connectivity index (χ3n) is 2.16. The summed E-state index contributed by atoms with van der Waals surface area (Å²) >= 11 is 0. The molecule has 3 nitrogen and oxygen atoms in total. The van der Waals surface area contributed by atoms with Crippen LogP contribution < -0.4 is 5.32 Å². The molecule has 1 aromatic rings. The zero-order valence-corrected chi connectivity index (χ0v) is 9.45. The standard InChI is InChI=1S/C13H15NO2/c1-4-13(2,3)14-12(16)9-10-7-5-6-8-11(10)15/h1,5-8,15H,9H2,2-3H3,(H,14,16). The monoisotopic (exact) mass is 217 g/mol. The van der Waals surface area contributed by atoms with Gasteiger partial charge in [0.1, 0.15) is 5.75 Å². The van der Waals surface area contributed by atoms with E-state index in [9.17, 15) is 9.90 Å². The summed E-state index contributed by atoms with van der Waals surface area (Å²) in [5, 5.41) is 12.2. The molecule has 1 aromatic carbocycles. The van der Waals surface area contributed by atoms with Crippen molar-refractivity contribution >= 4 is 5.91 Å². The fourth-order valence-electron chi connectivity index (χ4n) is 1.26. The van der Waals surface area contributed by atoms with Gasteiger partial charge in [-0.25, -0.2) is 0 Å². The summed E-state index contributed by atoms with van der Waals surface area (Å²) < 4.78 is 0. The van der Waals surface area contributed by atoms with Gasteiger partial charge in [-0.1, -0.05) is 24.1 Å². The van der Waals surface area contributed by atoms with Crippen molar-refractivity contribution in [1.29, 1.82) is 0 Å². The van der Waals surface area contributed by atoms with E-state index in [1.54, 1.807) is 38.1 Å². The van der Waals surface area contributed by atoms with Crippen LogP contribution >= 0.6 is 0 Å². The van der Waals surface area contributed by atoms with Crippen molar-refractivity contribution in [2.75, 3.05) is 0 Å². The summed E-state index contributed by atoms with van der Waals surface area (Å²) in [6, 6.07) is 6.74. The number of phenols is 1. The molecule has 0 saturated heterocycles. The number of phenolic OH excluding ortho intramolecular Hbond substituents is 1. The Hall–Kier alpha value is -1.95. The topological polar surface area (TPSA) is 49.3 Å². The molecule has 0 aliphatic rings. The lowest BCUT2D eigenvalue weighted by Gasteiger charge is -2.19. The van der Waals surface area contributed by atoms with Gasteiger partial charge in [-0.15, -0.1) is 6.42 Å². The predicted octanol–water partition coefficient (Wildman–Crippen LogP) is 1.46. The SMILES string of the molecule is C#CC(C)(C)NC(=O)Cc1ccccc1O. The summed E-state index contributed by atoms with van der Waals surface area (Å²) in [7, 11) is 0. The van der Waals surface area contributed by atoms with Gasteiger partial charge in [-0.05, 0) is 19.9 Å². The molecular formula is C13H15NO2. The van der Waals surface area contributed by atoms with Crippen molar-refractivity contribution in [2.45, 2.75) is 25.8 Å². The molecule has 0 bridgehead atoms. The molecule has 0 fully saturated rings. The second-order valence-electron chi connectivity index (χ2n) is 4.12. The van der Waals surface area contributed by atoms with Crippen LogP contribution in [0.1, 0.15) is 19.4 Å². The number of hydrogen-bond donors (Lipinski definition) is 2. The van der Waals surface area contributed by atoms with Crippen LogP contribution in [-0.4, -0.2) is 16.6 Å². The lowest BCUT2D eigenvalue weighted by Crippen LogP contribution is -2.42. The van der Waals surface area contributed by atoms with Crippen LogP contribution in [0.3, 0.4) is 0 Å². The van der Waals surface area contributed by atoms with E-state index in [4.69, 9.17) is 6.42 Å². The molecule has 0 aliphatic heterocycles. The minimum Gasteiger partial charge on any atom is -0.508 e. The summed E-state index contributed by atoms with van der Waals surface area (Å²) in [5.41, 5.74) is -0.0746. The number of benzene rings is 1. The van der Waals surface area contributed by atoms with Crippen molar-refractivity contribution in [1.82, 2.24) is 5.32 Å². The van der Waals surface area contributed by atoms with Crippen molar-refractivity contribution in [2.24, 2.45) is 0 Å². The Labute approximate surface area is 95.5 Å². The molecule has 3 heteroatoms. The van der Waals surface area contributed by atoms with Crippen molar-refractivity contribution in [3.63, 3.8) is 0 Å². The highest BCUT2D eigenvalue weighted by Crippen LogP contribution is 2.16. The highest BCUT2D eigenvalue weighted by molar-refractivity contribution is 5.80. The van der Waals surface area contributed by atoms with Crippen molar-refractivity contribution < 1.29 is 9.90 Å². The largest absolute Gasteiger partial charge is 0.508 e. The molecule has 0 aromatic heterocycles. The molecule has 1 amide bonds. The minimum absolute atomic E-state index is 0.121. The molecule has 0 saturated carbocycles. The van der Waals surface area contributed by atoms with Gasteiger partial charge < -0.3 is 10.4 Å². The number of rotatable bonds is 3. The zero-order chi connectivity index (χ0) is 12.2. The van der Waals surface area contributed by atoms with Gasteiger partial charge in [0.2, 0.25) is 5.91 Å². The maximum Gasteiger partial charge on any atom is 0.225 e. The first kappa shape index (κ1) is 12.1. The van der Waals surface area contributed by atoms with Crippen LogP contribution in [0.25, 0.3) is 0 Å². The first-order valence-corrected chi connectivity index (χ1v) is 5.00. The van der Waals surface area contributed by atoms with E-state index in [-0.39, 0.29) is 18.1 Å². The van der Waals surface area contributed by atoms with Gasteiger partial charge >= 0.3 is 0 Å². The molecule has 0 heterocycles. The second kappa shape index (κ2) is 4.71. The van der Waals surface area contributed by atoms with E-state index in [2.05, 4.69) is 11.2 Å². The van der Waals surface area contributed by atoms with Crippen LogP contribution in [0, 0.1) is 12.3 Å². The Bertz CT molecular complexity index is 430. The molecular weight excluding hydrogens is 202 g/mol. The van der Waals surface area contributed by atoms with Crippen LogP contribution in [0.2, 0.25) is 0 Å². The Kier molecular flexibility index (Phi) is 3.57. The molecule has 0 radical (unpaired) electrons. The van der Waals surface area contributed by atoms with E-state index >= 15 is 0 Å². The summed E-state index contributed by atoms with van der Waals surface area (Å²) in [6.45, 7) is 3.49. The van der Waals surface area contributed by atoms with Crippen LogP contribution in [0.5, 0.6) is 5.75 Å². The Balaban J connectivity index is 2.67. The number of nitrogens with one attached hydrogen (secondary N) is 1. The van der Waals surface area contributed by atoms with Gasteiger partial charge in [0.05, 0.1) is 12.0 Å². The normalized spacial score (nSPS) is 10.6. The van der Waals surface area contributed by atoms with E-state index in [0.717, 1.165) is 0 Å². The predicted molar refractivity (Wildman–Crippen MR) is 62.9 cm³/mol. The van der Waals surface area contributed by atoms with Crippen LogP contribution in [0.15, 0.2) is 24.3 Å². The molecule has 2 N–H and O–H groups in total. The first-order valence-electron chi connectivity index (χ1n) is 5.00.